The van der Waals surface area contributed by atoms with Crippen molar-refractivity contribution in [1.29, 1.82) is 0 Å². The molecule has 5 heteroatoms. The van der Waals surface area contributed by atoms with Crippen LogP contribution in [-0.4, -0.2) is 30.4 Å². The van der Waals surface area contributed by atoms with Crippen LogP contribution in [-0.2, 0) is 17.2 Å². The zero-order valence-electron chi connectivity index (χ0n) is 10.6. The summed E-state index contributed by atoms with van der Waals surface area (Å²) in [6.07, 6.45) is 0.942. The van der Waals surface area contributed by atoms with Gasteiger partial charge in [0.1, 0.15) is 11.6 Å². The maximum absolute atomic E-state index is 5.94. The lowest BCUT2D eigenvalue weighted by Gasteiger charge is -2.07. The number of benzene rings is 1. The minimum absolute atomic E-state index is 0.407. The second-order valence-electron chi connectivity index (χ2n) is 4.01. The maximum Gasteiger partial charge on any atom is 0.124 e. The third-order valence-corrected chi connectivity index (χ3v) is 3.12. The molecule has 2 aromatic rings. The van der Waals surface area contributed by atoms with Crippen LogP contribution < -0.4 is 4.74 Å². The predicted octanol–water partition coefficient (Wildman–Crippen LogP) is 2.82. The van der Waals surface area contributed by atoms with Gasteiger partial charge in [0, 0.05) is 26.3 Å². The zero-order valence-corrected chi connectivity index (χ0v) is 11.4. The number of methoxy groups -OCH3 is 2. The molecule has 0 aliphatic rings. The van der Waals surface area contributed by atoms with Crippen molar-refractivity contribution < 1.29 is 9.47 Å². The number of imidazole rings is 1. The van der Waals surface area contributed by atoms with Crippen LogP contribution in [0.15, 0.2) is 18.2 Å². The molecule has 1 heterocycles. The van der Waals surface area contributed by atoms with Gasteiger partial charge in [-0.1, -0.05) is 0 Å². The van der Waals surface area contributed by atoms with E-state index >= 15 is 0 Å². The molecule has 0 spiro atoms. The summed E-state index contributed by atoms with van der Waals surface area (Å²) < 4.78 is 12.4. The Morgan fingerprint density at radius 2 is 2.17 bits per heavy atom. The highest BCUT2D eigenvalue weighted by Gasteiger charge is 2.10. The minimum atomic E-state index is 0.407. The number of fused-ring (bicyclic) bond motifs is 1. The monoisotopic (exact) mass is 268 g/mol. The number of hydrogen-bond donors (Lipinski definition) is 0. The lowest BCUT2D eigenvalue weighted by molar-refractivity contribution is 0.190. The van der Waals surface area contributed by atoms with Crippen molar-refractivity contribution in [2.45, 2.75) is 18.8 Å². The first-order chi connectivity index (χ1) is 8.80. The number of ether oxygens (including phenoxy) is 2. The second kappa shape index (κ2) is 6.07. The number of aryl methyl sites for hydroxylation is 1. The summed E-state index contributed by atoms with van der Waals surface area (Å²) >= 11 is 5.94. The topological polar surface area (TPSA) is 36.3 Å². The van der Waals surface area contributed by atoms with Crippen LogP contribution in [0.3, 0.4) is 0 Å². The number of rotatable bonds is 6. The summed E-state index contributed by atoms with van der Waals surface area (Å²) in [4.78, 5) is 4.53. The zero-order chi connectivity index (χ0) is 13.0. The molecular weight excluding hydrogens is 252 g/mol. The van der Waals surface area contributed by atoms with E-state index in [9.17, 15) is 0 Å². The number of hydrogen-bond acceptors (Lipinski definition) is 3. The number of alkyl halides is 1. The highest BCUT2D eigenvalue weighted by atomic mass is 35.5. The van der Waals surface area contributed by atoms with Crippen molar-refractivity contribution in [3.05, 3.63) is 24.0 Å². The van der Waals surface area contributed by atoms with Crippen LogP contribution in [0.2, 0.25) is 0 Å². The van der Waals surface area contributed by atoms with Crippen LogP contribution in [0, 0.1) is 0 Å². The molecule has 0 aliphatic heterocycles. The standard InChI is InChI=1S/C13H17ClN2O2/c1-17-7-3-6-16-12-5-4-10(18-2)8-11(12)15-13(16)9-14/h4-5,8H,3,6-7,9H2,1-2H3. The van der Waals surface area contributed by atoms with Gasteiger partial charge in [0.2, 0.25) is 0 Å². The molecule has 0 saturated heterocycles. The molecule has 0 bridgehead atoms. The van der Waals surface area contributed by atoms with Crippen molar-refractivity contribution in [3.8, 4) is 5.75 Å². The Labute approximate surface area is 111 Å². The quantitative estimate of drug-likeness (QED) is 0.597. The number of nitrogens with zero attached hydrogens (tertiary/aromatic N) is 2. The van der Waals surface area contributed by atoms with E-state index in [0.717, 1.165) is 42.2 Å². The number of aromatic nitrogens is 2. The van der Waals surface area contributed by atoms with Crippen LogP contribution >= 0.6 is 11.6 Å². The van der Waals surface area contributed by atoms with Gasteiger partial charge in [-0.25, -0.2) is 4.98 Å². The third-order valence-electron chi connectivity index (χ3n) is 2.88. The summed E-state index contributed by atoms with van der Waals surface area (Å²) in [5, 5.41) is 0. The summed E-state index contributed by atoms with van der Waals surface area (Å²) in [6, 6.07) is 5.89. The molecule has 98 valence electrons. The number of halogens is 1. The average molecular weight is 269 g/mol. The van der Waals surface area contributed by atoms with E-state index in [1.54, 1.807) is 14.2 Å². The second-order valence-corrected chi connectivity index (χ2v) is 4.28. The summed E-state index contributed by atoms with van der Waals surface area (Å²) in [6.45, 7) is 1.59. The van der Waals surface area contributed by atoms with E-state index in [1.165, 1.54) is 0 Å². The first-order valence-electron chi connectivity index (χ1n) is 5.88. The van der Waals surface area contributed by atoms with Crippen molar-refractivity contribution in [3.63, 3.8) is 0 Å². The fourth-order valence-electron chi connectivity index (χ4n) is 2.00. The van der Waals surface area contributed by atoms with Gasteiger partial charge in [0.25, 0.3) is 0 Å². The maximum atomic E-state index is 5.94. The fraction of sp³-hybridized carbons (Fsp3) is 0.462. The summed E-state index contributed by atoms with van der Waals surface area (Å²) in [5.41, 5.74) is 2.00. The van der Waals surface area contributed by atoms with E-state index in [4.69, 9.17) is 21.1 Å². The molecule has 1 aromatic heterocycles. The van der Waals surface area contributed by atoms with E-state index in [1.807, 2.05) is 18.2 Å². The molecule has 4 nitrogen and oxygen atoms in total. The van der Waals surface area contributed by atoms with Gasteiger partial charge < -0.3 is 14.0 Å². The van der Waals surface area contributed by atoms with E-state index in [-0.39, 0.29) is 0 Å². The lowest BCUT2D eigenvalue weighted by atomic mass is 10.3. The van der Waals surface area contributed by atoms with Gasteiger partial charge in [0.05, 0.1) is 24.0 Å². The van der Waals surface area contributed by atoms with Crippen molar-refractivity contribution in [2.75, 3.05) is 20.8 Å². The molecule has 2 rings (SSSR count). The van der Waals surface area contributed by atoms with Gasteiger partial charge in [-0.15, -0.1) is 11.6 Å². The Kier molecular flexibility index (Phi) is 4.44. The summed E-state index contributed by atoms with van der Waals surface area (Å²) in [5.74, 6) is 2.10. The predicted molar refractivity (Wildman–Crippen MR) is 72.3 cm³/mol. The molecule has 0 amide bonds. The lowest BCUT2D eigenvalue weighted by Crippen LogP contribution is -2.04. The van der Waals surface area contributed by atoms with Crippen LogP contribution in [0.25, 0.3) is 11.0 Å². The normalized spacial score (nSPS) is 11.1. The molecule has 18 heavy (non-hydrogen) atoms. The fourth-order valence-corrected chi connectivity index (χ4v) is 2.21. The Morgan fingerprint density at radius 3 is 2.83 bits per heavy atom. The van der Waals surface area contributed by atoms with Gasteiger partial charge in [-0.05, 0) is 18.6 Å². The van der Waals surface area contributed by atoms with Crippen molar-refractivity contribution in [1.82, 2.24) is 9.55 Å². The Balaban J connectivity index is 2.36. The molecule has 0 radical (unpaired) electrons. The molecule has 0 unspecified atom stereocenters. The first kappa shape index (κ1) is 13.2. The summed E-state index contributed by atoms with van der Waals surface area (Å²) in [7, 11) is 3.36. The van der Waals surface area contributed by atoms with Gasteiger partial charge in [-0.3, -0.25) is 0 Å². The van der Waals surface area contributed by atoms with Gasteiger partial charge in [-0.2, -0.15) is 0 Å². The van der Waals surface area contributed by atoms with Crippen molar-refractivity contribution in [2.24, 2.45) is 0 Å². The SMILES string of the molecule is COCCCn1c(CCl)nc2cc(OC)ccc21. The molecule has 0 fully saturated rings. The molecule has 0 saturated carbocycles. The van der Waals surface area contributed by atoms with Gasteiger partial charge in [0.15, 0.2) is 0 Å². The van der Waals surface area contributed by atoms with Crippen LogP contribution in [0.5, 0.6) is 5.75 Å². The van der Waals surface area contributed by atoms with Crippen LogP contribution in [0.4, 0.5) is 0 Å². The van der Waals surface area contributed by atoms with E-state index in [0.29, 0.717) is 5.88 Å². The molecular formula is C13H17ClN2O2. The highest BCUT2D eigenvalue weighted by molar-refractivity contribution is 6.16. The average Bonchev–Trinajstić information content (AvgIpc) is 2.76. The minimum Gasteiger partial charge on any atom is -0.497 e. The molecule has 0 atom stereocenters. The Bertz CT molecular complexity index is 525. The van der Waals surface area contributed by atoms with Crippen molar-refractivity contribution >= 4 is 22.6 Å². The smallest absolute Gasteiger partial charge is 0.124 e. The highest BCUT2D eigenvalue weighted by Crippen LogP contribution is 2.22. The molecule has 1 aromatic carbocycles. The van der Waals surface area contributed by atoms with E-state index in [2.05, 4.69) is 9.55 Å². The Morgan fingerprint density at radius 1 is 1.33 bits per heavy atom. The van der Waals surface area contributed by atoms with Crippen LogP contribution in [0.1, 0.15) is 12.2 Å². The molecule has 0 aliphatic carbocycles. The third kappa shape index (κ3) is 2.60. The Hall–Kier alpha value is -1.26. The largest absolute Gasteiger partial charge is 0.497 e. The molecule has 0 N–H and O–H groups in total. The van der Waals surface area contributed by atoms with Gasteiger partial charge >= 0.3 is 0 Å². The first-order valence-corrected chi connectivity index (χ1v) is 6.41. The van der Waals surface area contributed by atoms with E-state index < -0.39 is 0 Å².